The number of ether oxygens (including phenoxy) is 1. The van der Waals surface area contributed by atoms with Crippen LogP contribution < -0.4 is 4.74 Å². The molecule has 1 unspecified atom stereocenters. The molecule has 1 atom stereocenters. The molecular weight excluding hydrogens is 371 g/mol. The van der Waals surface area contributed by atoms with E-state index in [9.17, 15) is 5.26 Å². The number of nitriles is 1. The van der Waals surface area contributed by atoms with Crippen molar-refractivity contribution in [3.63, 3.8) is 0 Å². The van der Waals surface area contributed by atoms with E-state index in [0.29, 0.717) is 12.2 Å². The molecule has 0 fully saturated rings. The van der Waals surface area contributed by atoms with E-state index in [4.69, 9.17) is 26.1 Å². The number of pyridine rings is 1. The van der Waals surface area contributed by atoms with Crippen molar-refractivity contribution in [1.82, 2.24) is 4.98 Å². The van der Waals surface area contributed by atoms with Crippen LogP contribution >= 0.6 is 43.3 Å². The van der Waals surface area contributed by atoms with Crippen LogP contribution in [0.25, 0.3) is 0 Å². The smallest absolute Gasteiger partial charge is 0.120 e. The Labute approximate surface area is 153 Å². The molecule has 0 bridgehead atoms. The Bertz CT molecular complexity index is 694. The second-order valence-electron chi connectivity index (χ2n) is 4.84. The van der Waals surface area contributed by atoms with Gasteiger partial charge in [0.1, 0.15) is 17.8 Å². The average Bonchev–Trinajstić information content (AvgIpc) is 2.63. The molecule has 0 saturated carbocycles. The van der Waals surface area contributed by atoms with Gasteiger partial charge < -0.3 is 4.74 Å². The maximum atomic E-state index is 9.69. The highest BCUT2D eigenvalue weighted by Gasteiger charge is 2.32. The van der Waals surface area contributed by atoms with Crippen LogP contribution in [0.15, 0.2) is 52.5 Å². The van der Waals surface area contributed by atoms with Gasteiger partial charge in [-0.2, -0.15) is 5.26 Å². The van der Waals surface area contributed by atoms with E-state index in [1.165, 1.54) is 0 Å². The van der Waals surface area contributed by atoms with E-state index < -0.39 is 5.41 Å². The maximum Gasteiger partial charge on any atom is 0.120 e. The van der Waals surface area contributed by atoms with E-state index in [0.717, 1.165) is 37.3 Å². The Hall–Kier alpha value is -1.06. The number of hydrogen-bond acceptors (Lipinski definition) is 5. The zero-order valence-corrected chi connectivity index (χ0v) is 15.5. The molecule has 0 spiro atoms. The summed E-state index contributed by atoms with van der Waals surface area (Å²) in [6, 6.07) is 11.6. The molecule has 0 N–H and O–H groups in total. The lowest BCUT2D eigenvalue weighted by molar-refractivity contribution is 0.246. The van der Waals surface area contributed by atoms with Crippen LogP contribution in [0, 0.1) is 11.3 Å². The fraction of sp³-hybridized carbons (Fsp3) is 0.250. The molecule has 7 heteroatoms. The van der Waals surface area contributed by atoms with Gasteiger partial charge in [0.15, 0.2) is 0 Å². The summed E-state index contributed by atoms with van der Waals surface area (Å²) in [6.45, 7) is 2.21. The average molecular weight is 385 g/mol. The van der Waals surface area contributed by atoms with Crippen LogP contribution in [0.1, 0.15) is 18.9 Å². The molecular formula is C16H14Cl2N2OS2. The third-order valence-electron chi connectivity index (χ3n) is 3.60. The maximum absolute atomic E-state index is 9.69. The van der Waals surface area contributed by atoms with Crippen molar-refractivity contribution in [3.8, 4) is 11.8 Å². The standard InChI is InChI=1S/C16H14Cl2N2OS2/c1-2-16(10-19,12-4-3-7-20-9-12)11-21-13-5-6-14(22-17)15(8-13)23-18/h3-9H,2,11H2,1H3. The molecule has 3 nitrogen and oxygen atoms in total. The van der Waals surface area contributed by atoms with Crippen LogP contribution in [0.5, 0.6) is 5.75 Å². The number of benzene rings is 1. The molecule has 120 valence electrons. The fourth-order valence-corrected chi connectivity index (χ4v) is 3.99. The van der Waals surface area contributed by atoms with Crippen molar-refractivity contribution in [3.05, 3.63) is 48.3 Å². The minimum absolute atomic E-state index is 0.242. The van der Waals surface area contributed by atoms with Crippen molar-refractivity contribution in [2.75, 3.05) is 6.61 Å². The molecule has 1 aromatic carbocycles. The SMILES string of the molecule is CCC(C#N)(COc1ccc(SCl)c(SCl)c1)c1cccnc1. The first-order chi connectivity index (χ1) is 11.2. The molecule has 0 aliphatic heterocycles. The summed E-state index contributed by atoms with van der Waals surface area (Å²) in [6.07, 6.45) is 4.03. The second-order valence-corrected chi connectivity index (χ2v) is 6.95. The lowest BCUT2D eigenvalue weighted by Gasteiger charge is -2.25. The van der Waals surface area contributed by atoms with Gasteiger partial charge >= 0.3 is 0 Å². The number of hydrogen-bond donors (Lipinski definition) is 0. The molecule has 0 radical (unpaired) electrons. The zero-order valence-electron chi connectivity index (χ0n) is 12.3. The van der Waals surface area contributed by atoms with Gasteiger partial charge in [-0.3, -0.25) is 4.98 Å². The monoisotopic (exact) mass is 384 g/mol. The van der Waals surface area contributed by atoms with Gasteiger partial charge in [0.2, 0.25) is 0 Å². The number of aromatic nitrogens is 1. The first kappa shape index (κ1) is 18.3. The molecule has 23 heavy (non-hydrogen) atoms. The van der Waals surface area contributed by atoms with Crippen LogP contribution in [0.2, 0.25) is 0 Å². The second kappa shape index (κ2) is 8.70. The minimum Gasteiger partial charge on any atom is -0.492 e. The molecule has 0 saturated heterocycles. The number of halogens is 2. The van der Waals surface area contributed by atoms with E-state index in [2.05, 4.69) is 11.1 Å². The van der Waals surface area contributed by atoms with Gasteiger partial charge in [0, 0.05) is 22.2 Å². The molecule has 2 rings (SSSR count). The minimum atomic E-state index is -0.734. The molecule has 0 aliphatic carbocycles. The van der Waals surface area contributed by atoms with Crippen molar-refractivity contribution >= 4 is 43.3 Å². The quantitative estimate of drug-likeness (QED) is 0.601. The van der Waals surface area contributed by atoms with Crippen LogP contribution in [0.4, 0.5) is 0 Å². The number of rotatable bonds is 7. The van der Waals surface area contributed by atoms with E-state index in [1.807, 2.05) is 37.3 Å². The van der Waals surface area contributed by atoms with Gasteiger partial charge in [-0.25, -0.2) is 0 Å². The summed E-state index contributed by atoms with van der Waals surface area (Å²) in [7, 11) is 13.8. The lowest BCUT2D eigenvalue weighted by Crippen LogP contribution is -2.31. The third kappa shape index (κ3) is 4.27. The highest BCUT2D eigenvalue weighted by molar-refractivity contribution is 8.23. The Morgan fingerprint density at radius 1 is 1.26 bits per heavy atom. The van der Waals surface area contributed by atoms with Gasteiger partial charge in [-0.1, -0.05) is 13.0 Å². The Morgan fingerprint density at radius 2 is 2.04 bits per heavy atom. The van der Waals surface area contributed by atoms with Crippen LogP contribution in [-0.2, 0) is 5.41 Å². The summed E-state index contributed by atoms with van der Waals surface area (Å²) < 4.78 is 5.88. The Balaban J connectivity index is 2.22. The summed E-state index contributed by atoms with van der Waals surface area (Å²) in [5.74, 6) is 0.652. The zero-order chi connectivity index (χ0) is 16.7. The Morgan fingerprint density at radius 3 is 2.61 bits per heavy atom. The highest BCUT2D eigenvalue weighted by atomic mass is 35.7. The summed E-state index contributed by atoms with van der Waals surface area (Å²) >= 11 is 0. The topological polar surface area (TPSA) is 45.9 Å². The van der Waals surface area contributed by atoms with E-state index >= 15 is 0 Å². The van der Waals surface area contributed by atoms with Gasteiger partial charge in [-0.15, -0.1) is 0 Å². The molecule has 1 heterocycles. The first-order valence-corrected chi connectivity index (χ1v) is 10.1. The number of nitrogens with zero attached hydrogens (tertiary/aromatic N) is 2. The normalized spacial score (nSPS) is 13.1. The predicted molar refractivity (Wildman–Crippen MR) is 97.2 cm³/mol. The van der Waals surface area contributed by atoms with E-state index in [-0.39, 0.29) is 6.61 Å². The molecule has 2 aromatic rings. The van der Waals surface area contributed by atoms with Crippen molar-refractivity contribution in [2.45, 2.75) is 28.6 Å². The molecule has 1 aromatic heterocycles. The fourth-order valence-electron chi connectivity index (χ4n) is 2.12. The molecule has 0 aliphatic rings. The van der Waals surface area contributed by atoms with Gasteiger partial charge in [0.25, 0.3) is 0 Å². The molecule has 0 amide bonds. The third-order valence-corrected chi connectivity index (χ3v) is 5.75. The van der Waals surface area contributed by atoms with Crippen LogP contribution in [-0.4, -0.2) is 11.6 Å². The Kier molecular flexibility index (Phi) is 6.91. The van der Waals surface area contributed by atoms with Gasteiger partial charge in [0.05, 0.1) is 6.07 Å². The van der Waals surface area contributed by atoms with Crippen molar-refractivity contribution in [1.29, 1.82) is 5.26 Å². The largest absolute Gasteiger partial charge is 0.492 e. The summed E-state index contributed by atoms with van der Waals surface area (Å²) in [5, 5.41) is 9.69. The summed E-state index contributed by atoms with van der Waals surface area (Å²) in [5.41, 5.74) is 0.118. The van der Waals surface area contributed by atoms with E-state index in [1.54, 1.807) is 12.4 Å². The first-order valence-electron chi connectivity index (χ1n) is 6.85. The highest BCUT2D eigenvalue weighted by Crippen LogP contribution is 2.38. The lowest BCUT2D eigenvalue weighted by atomic mass is 9.81. The van der Waals surface area contributed by atoms with Crippen molar-refractivity contribution in [2.24, 2.45) is 0 Å². The van der Waals surface area contributed by atoms with Crippen molar-refractivity contribution < 1.29 is 4.74 Å². The predicted octanol–water partition coefficient (Wildman–Crippen LogP) is 5.82. The van der Waals surface area contributed by atoms with Gasteiger partial charge in [-0.05, 0) is 79.6 Å². The summed E-state index contributed by atoms with van der Waals surface area (Å²) in [4.78, 5) is 5.80. The van der Waals surface area contributed by atoms with Crippen LogP contribution in [0.3, 0.4) is 0 Å².